The van der Waals surface area contributed by atoms with E-state index in [0.717, 1.165) is 36.0 Å². The molecule has 4 nitrogen and oxygen atoms in total. The van der Waals surface area contributed by atoms with Crippen LogP contribution in [0.3, 0.4) is 0 Å². The highest BCUT2D eigenvalue weighted by atomic mass is 16.5. The van der Waals surface area contributed by atoms with Crippen LogP contribution in [0.15, 0.2) is 12.3 Å². The second kappa shape index (κ2) is 3.45. The minimum atomic E-state index is -0.390. The summed E-state index contributed by atoms with van der Waals surface area (Å²) in [5.41, 5.74) is 1.76. The number of aryl methyl sites for hydroxylation is 1. The van der Waals surface area contributed by atoms with E-state index in [1.54, 1.807) is 6.07 Å². The minimum absolute atomic E-state index is 0.0791. The maximum absolute atomic E-state index is 12.0. The molecule has 1 aromatic rings. The van der Waals surface area contributed by atoms with Crippen molar-refractivity contribution in [1.82, 2.24) is 5.32 Å². The van der Waals surface area contributed by atoms with Gasteiger partial charge in [-0.05, 0) is 25.3 Å². The molecule has 1 N–H and O–H groups in total. The first kappa shape index (κ1) is 10.6. The second-order valence-corrected chi connectivity index (χ2v) is 5.15. The normalized spacial score (nSPS) is 21.4. The largest absolute Gasteiger partial charge is 0.618 e. The molecular formula is C13H16N2O2. The minimum Gasteiger partial charge on any atom is -0.618 e. The molecular weight excluding hydrogens is 216 g/mol. The van der Waals surface area contributed by atoms with Crippen LogP contribution in [0, 0.1) is 12.1 Å². The van der Waals surface area contributed by atoms with Gasteiger partial charge in [-0.2, -0.15) is 4.73 Å². The van der Waals surface area contributed by atoms with Gasteiger partial charge in [0.2, 0.25) is 5.69 Å². The monoisotopic (exact) mass is 232 g/mol. The Labute approximate surface area is 100 Å². The highest BCUT2D eigenvalue weighted by Crippen LogP contribution is 2.41. The number of carbonyl (C=O) groups is 1. The van der Waals surface area contributed by atoms with E-state index in [-0.39, 0.29) is 5.91 Å². The molecule has 1 aromatic heterocycles. The van der Waals surface area contributed by atoms with Crippen molar-refractivity contribution in [3.63, 3.8) is 0 Å². The zero-order chi connectivity index (χ0) is 12.0. The standard InChI is InChI=1S/C13H16N2O2/c1-9-5-8-15(17)11-10(9)12(16)14-13(11)6-3-2-4-7-13/h5,8H,2-4,6-7H2,1H3,(H,14,16). The van der Waals surface area contributed by atoms with E-state index in [2.05, 4.69) is 5.32 Å². The van der Waals surface area contributed by atoms with Crippen LogP contribution in [-0.4, -0.2) is 5.91 Å². The maximum Gasteiger partial charge on any atom is 0.258 e. The van der Waals surface area contributed by atoms with Crippen molar-refractivity contribution in [2.75, 3.05) is 0 Å². The number of aromatic nitrogens is 1. The van der Waals surface area contributed by atoms with E-state index in [4.69, 9.17) is 0 Å². The van der Waals surface area contributed by atoms with E-state index in [1.165, 1.54) is 12.6 Å². The van der Waals surface area contributed by atoms with E-state index < -0.39 is 5.54 Å². The fourth-order valence-electron chi connectivity index (χ4n) is 3.23. The lowest BCUT2D eigenvalue weighted by molar-refractivity contribution is -0.618. The quantitative estimate of drug-likeness (QED) is 0.545. The van der Waals surface area contributed by atoms with Crippen molar-refractivity contribution < 1.29 is 9.52 Å². The predicted molar refractivity (Wildman–Crippen MR) is 62.4 cm³/mol. The lowest BCUT2D eigenvalue weighted by Gasteiger charge is -2.31. The van der Waals surface area contributed by atoms with Gasteiger partial charge >= 0.3 is 0 Å². The smallest absolute Gasteiger partial charge is 0.258 e. The zero-order valence-electron chi connectivity index (χ0n) is 9.95. The van der Waals surface area contributed by atoms with Crippen LogP contribution in [0.5, 0.6) is 0 Å². The van der Waals surface area contributed by atoms with Gasteiger partial charge in [0.1, 0.15) is 11.1 Å². The van der Waals surface area contributed by atoms with Crippen molar-refractivity contribution in [3.05, 3.63) is 34.3 Å². The lowest BCUT2D eigenvalue weighted by Crippen LogP contribution is -2.48. The Kier molecular flexibility index (Phi) is 2.15. The summed E-state index contributed by atoms with van der Waals surface area (Å²) < 4.78 is 0.881. The molecule has 1 amide bonds. The summed E-state index contributed by atoms with van der Waals surface area (Å²) in [6.07, 6.45) is 6.64. The molecule has 0 bridgehead atoms. The SMILES string of the molecule is Cc1cc[n+]([O-])c2c1C(=O)NC21CCCCC1. The number of carbonyl (C=O) groups excluding carboxylic acids is 1. The topological polar surface area (TPSA) is 56.0 Å². The van der Waals surface area contributed by atoms with Crippen LogP contribution in [-0.2, 0) is 5.54 Å². The average Bonchev–Trinajstić information content (AvgIpc) is 2.59. The van der Waals surface area contributed by atoms with Gasteiger partial charge in [-0.3, -0.25) is 4.79 Å². The van der Waals surface area contributed by atoms with Crippen LogP contribution >= 0.6 is 0 Å². The van der Waals surface area contributed by atoms with Crippen LogP contribution in [0.2, 0.25) is 0 Å². The highest BCUT2D eigenvalue weighted by Gasteiger charge is 2.50. The molecule has 0 radical (unpaired) electrons. The number of nitrogens with zero attached hydrogens (tertiary/aromatic N) is 1. The van der Waals surface area contributed by atoms with Gasteiger partial charge < -0.3 is 10.5 Å². The van der Waals surface area contributed by atoms with E-state index in [0.29, 0.717) is 11.3 Å². The fourth-order valence-corrected chi connectivity index (χ4v) is 3.23. The number of rotatable bonds is 0. The van der Waals surface area contributed by atoms with Gasteiger partial charge in [-0.15, -0.1) is 0 Å². The van der Waals surface area contributed by atoms with E-state index >= 15 is 0 Å². The van der Waals surface area contributed by atoms with Crippen molar-refractivity contribution in [3.8, 4) is 0 Å². The van der Waals surface area contributed by atoms with E-state index in [9.17, 15) is 10.0 Å². The molecule has 1 aliphatic heterocycles. The molecule has 2 heterocycles. The van der Waals surface area contributed by atoms with Crippen molar-refractivity contribution in [2.24, 2.45) is 0 Å². The molecule has 0 unspecified atom stereocenters. The molecule has 0 aromatic carbocycles. The summed E-state index contributed by atoms with van der Waals surface area (Å²) in [7, 11) is 0. The second-order valence-electron chi connectivity index (χ2n) is 5.15. The van der Waals surface area contributed by atoms with Crippen molar-refractivity contribution in [1.29, 1.82) is 0 Å². The summed E-state index contributed by atoms with van der Waals surface area (Å²) in [5, 5.41) is 15.1. The highest BCUT2D eigenvalue weighted by molar-refractivity contribution is 6.00. The summed E-state index contributed by atoms with van der Waals surface area (Å²) in [5.74, 6) is -0.0791. The summed E-state index contributed by atoms with van der Waals surface area (Å²) >= 11 is 0. The Morgan fingerprint density at radius 3 is 2.76 bits per heavy atom. The third-order valence-electron chi connectivity index (χ3n) is 4.05. The Morgan fingerprint density at radius 2 is 2.06 bits per heavy atom. The molecule has 3 rings (SSSR count). The van der Waals surface area contributed by atoms with Crippen molar-refractivity contribution in [2.45, 2.75) is 44.6 Å². The zero-order valence-corrected chi connectivity index (χ0v) is 9.95. The molecule has 90 valence electrons. The molecule has 1 saturated carbocycles. The Hall–Kier alpha value is -1.58. The molecule has 17 heavy (non-hydrogen) atoms. The number of nitrogens with one attached hydrogen (secondary N) is 1. The molecule has 1 fully saturated rings. The average molecular weight is 232 g/mol. The van der Waals surface area contributed by atoms with E-state index in [1.807, 2.05) is 6.92 Å². The summed E-state index contributed by atoms with van der Waals surface area (Å²) in [6, 6.07) is 1.72. The number of fused-ring (bicyclic) bond motifs is 2. The molecule has 0 atom stereocenters. The maximum atomic E-state index is 12.0. The Morgan fingerprint density at radius 1 is 1.35 bits per heavy atom. The van der Waals surface area contributed by atoms with Crippen LogP contribution in [0.25, 0.3) is 0 Å². The Bertz CT molecular complexity index is 490. The van der Waals surface area contributed by atoms with Gasteiger partial charge in [-0.1, -0.05) is 19.3 Å². The first-order valence-corrected chi connectivity index (χ1v) is 6.20. The number of pyridine rings is 1. The predicted octanol–water partition coefficient (Wildman–Crippen LogP) is 1.53. The lowest BCUT2D eigenvalue weighted by atomic mass is 9.79. The van der Waals surface area contributed by atoms with Gasteiger partial charge in [0, 0.05) is 6.07 Å². The van der Waals surface area contributed by atoms with Gasteiger partial charge in [0.25, 0.3) is 5.91 Å². The molecule has 0 saturated heterocycles. The fraction of sp³-hybridized carbons (Fsp3) is 0.538. The summed E-state index contributed by atoms with van der Waals surface area (Å²) in [6.45, 7) is 1.89. The van der Waals surface area contributed by atoms with Crippen molar-refractivity contribution >= 4 is 5.91 Å². The summed E-state index contributed by atoms with van der Waals surface area (Å²) in [4.78, 5) is 12.0. The number of hydrogen-bond donors (Lipinski definition) is 1. The third-order valence-corrected chi connectivity index (χ3v) is 4.05. The molecule has 1 aliphatic carbocycles. The van der Waals surface area contributed by atoms with Crippen LogP contribution in [0.4, 0.5) is 0 Å². The molecule has 4 heteroatoms. The van der Waals surface area contributed by atoms with Gasteiger partial charge in [-0.25, -0.2) is 0 Å². The van der Waals surface area contributed by atoms with Gasteiger partial charge in [0.05, 0.1) is 0 Å². The molecule has 1 spiro atoms. The van der Waals surface area contributed by atoms with Gasteiger partial charge in [0.15, 0.2) is 6.20 Å². The number of hydrogen-bond acceptors (Lipinski definition) is 2. The van der Waals surface area contributed by atoms with Crippen LogP contribution in [0.1, 0.15) is 53.7 Å². The first-order chi connectivity index (χ1) is 8.14. The third kappa shape index (κ3) is 1.36. The molecule has 2 aliphatic rings. The first-order valence-electron chi connectivity index (χ1n) is 6.20. The van der Waals surface area contributed by atoms with Crippen LogP contribution < -0.4 is 10.0 Å². The number of amides is 1. The Balaban J connectivity index is 2.21.